The number of hydrogen-bond donors (Lipinski definition) is 0. The van der Waals surface area contributed by atoms with Crippen molar-refractivity contribution >= 4 is 22.7 Å². The molecule has 0 saturated heterocycles. The first-order valence-corrected chi connectivity index (χ1v) is 9.58. The minimum atomic E-state index is 0.909. The van der Waals surface area contributed by atoms with E-state index in [9.17, 15) is 0 Å². The van der Waals surface area contributed by atoms with E-state index in [1.165, 1.54) is 32.5 Å². The highest BCUT2D eigenvalue weighted by molar-refractivity contribution is 7.98. The lowest BCUT2D eigenvalue weighted by molar-refractivity contribution is 0.830. The molecule has 1 aromatic heterocycles. The Morgan fingerprint density at radius 2 is 1.48 bits per heavy atom. The van der Waals surface area contributed by atoms with Crippen LogP contribution < -0.4 is 0 Å². The lowest BCUT2D eigenvalue weighted by Crippen LogP contribution is -1.97. The first-order valence-electron chi connectivity index (χ1n) is 8.60. The third-order valence-corrected chi connectivity index (χ3v) is 5.58. The van der Waals surface area contributed by atoms with Crippen LogP contribution in [0.1, 0.15) is 16.7 Å². The van der Waals surface area contributed by atoms with E-state index in [1.807, 2.05) is 11.8 Å². The molecule has 0 amide bonds. The predicted molar refractivity (Wildman–Crippen MR) is 108 cm³/mol. The smallest absolute Gasteiger partial charge is 0.0495 e. The van der Waals surface area contributed by atoms with Crippen molar-refractivity contribution in [1.82, 2.24) is 4.57 Å². The van der Waals surface area contributed by atoms with Gasteiger partial charge in [0.1, 0.15) is 0 Å². The van der Waals surface area contributed by atoms with Crippen molar-refractivity contribution in [2.45, 2.75) is 24.1 Å². The van der Waals surface area contributed by atoms with Crippen LogP contribution in [0.15, 0.2) is 90.0 Å². The fourth-order valence-electron chi connectivity index (χ4n) is 3.08. The van der Waals surface area contributed by atoms with E-state index >= 15 is 0 Å². The molecule has 0 aliphatic rings. The molecular formula is C23H21NS. The fourth-order valence-corrected chi connectivity index (χ4v) is 4.13. The average Bonchev–Trinajstić information content (AvgIpc) is 3.00. The molecule has 124 valence electrons. The summed E-state index contributed by atoms with van der Waals surface area (Å²) in [6.45, 7) is 3.04. The van der Waals surface area contributed by atoms with Crippen LogP contribution in [0, 0.1) is 6.92 Å². The minimum absolute atomic E-state index is 0.909. The van der Waals surface area contributed by atoms with Gasteiger partial charge in [-0.2, -0.15) is 0 Å². The van der Waals surface area contributed by atoms with E-state index in [-0.39, 0.29) is 0 Å². The molecule has 4 rings (SSSR count). The number of aromatic nitrogens is 1. The van der Waals surface area contributed by atoms with Gasteiger partial charge >= 0.3 is 0 Å². The molecular weight excluding hydrogens is 322 g/mol. The number of rotatable bonds is 5. The summed E-state index contributed by atoms with van der Waals surface area (Å²) in [5.41, 5.74) is 5.32. The number of benzene rings is 3. The Morgan fingerprint density at radius 1 is 0.760 bits per heavy atom. The van der Waals surface area contributed by atoms with Crippen LogP contribution in [0.5, 0.6) is 0 Å². The number of hydrogen-bond acceptors (Lipinski definition) is 1. The Hall–Kier alpha value is -2.45. The zero-order chi connectivity index (χ0) is 17.1. The van der Waals surface area contributed by atoms with Gasteiger partial charge in [-0.05, 0) is 24.1 Å². The van der Waals surface area contributed by atoms with E-state index in [2.05, 4.69) is 96.6 Å². The van der Waals surface area contributed by atoms with Gasteiger partial charge in [0.2, 0.25) is 0 Å². The van der Waals surface area contributed by atoms with Crippen molar-refractivity contribution in [1.29, 1.82) is 0 Å². The van der Waals surface area contributed by atoms with Gasteiger partial charge in [-0.1, -0.05) is 78.4 Å². The summed E-state index contributed by atoms with van der Waals surface area (Å²) in [6.07, 6.45) is 2.30. The maximum absolute atomic E-state index is 2.36. The molecule has 25 heavy (non-hydrogen) atoms. The Labute approximate surface area is 153 Å². The van der Waals surface area contributed by atoms with Crippen LogP contribution in [-0.4, -0.2) is 4.57 Å². The van der Waals surface area contributed by atoms with E-state index in [0.717, 1.165) is 12.3 Å². The summed E-state index contributed by atoms with van der Waals surface area (Å²) in [5, 5.41) is 1.34. The highest BCUT2D eigenvalue weighted by atomic mass is 32.2. The van der Waals surface area contributed by atoms with Crippen LogP contribution in [0.3, 0.4) is 0 Å². The quantitative estimate of drug-likeness (QED) is 0.385. The van der Waals surface area contributed by atoms with Gasteiger partial charge in [0, 0.05) is 34.3 Å². The van der Waals surface area contributed by atoms with Crippen LogP contribution in [0.4, 0.5) is 0 Å². The number of nitrogens with zero attached hydrogens (tertiary/aromatic N) is 1. The molecule has 4 aromatic rings. The van der Waals surface area contributed by atoms with Gasteiger partial charge in [0.15, 0.2) is 0 Å². The molecule has 0 bridgehead atoms. The molecule has 0 aliphatic heterocycles. The van der Waals surface area contributed by atoms with Gasteiger partial charge in [-0.25, -0.2) is 0 Å². The third kappa shape index (κ3) is 3.64. The molecule has 0 fully saturated rings. The second-order valence-corrected chi connectivity index (χ2v) is 7.42. The maximum Gasteiger partial charge on any atom is 0.0495 e. The molecule has 1 nitrogen and oxygen atoms in total. The number of para-hydroxylation sites is 1. The van der Waals surface area contributed by atoms with Crippen LogP contribution in [0.2, 0.25) is 0 Å². The van der Waals surface area contributed by atoms with Crippen LogP contribution in [0.25, 0.3) is 10.9 Å². The SMILES string of the molecule is Cc1ccc(CSc2cn(Cc3ccccc3)c3ccccc23)cc1. The van der Waals surface area contributed by atoms with Crippen molar-refractivity contribution in [2.75, 3.05) is 0 Å². The summed E-state index contributed by atoms with van der Waals surface area (Å²) in [7, 11) is 0. The number of fused-ring (bicyclic) bond motifs is 1. The number of aryl methyl sites for hydroxylation is 1. The molecule has 0 unspecified atom stereocenters. The molecule has 0 N–H and O–H groups in total. The summed E-state index contributed by atoms with van der Waals surface area (Å²) < 4.78 is 2.36. The predicted octanol–water partition coefficient (Wildman–Crippen LogP) is 6.29. The van der Waals surface area contributed by atoms with Gasteiger partial charge in [-0.3, -0.25) is 0 Å². The summed E-state index contributed by atoms with van der Waals surface area (Å²) in [5.74, 6) is 1.000. The van der Waals surface area contributed by atoms with Crippen molar-refractivity contribution < 1.29 is 0 Å². The number of thioether (sulfide) groups is 1. The van der Waals surface area contributed by atoms with E-state index < -0.39 is 0 Å². The fraction of sp³-hybridized carbons (Fsp3) is 0.130. The highest BCUT2D eigenvalue weighted by Gasteiger charge is 2.09. The molecule has 0 radical (unpaired) electrons. The average molecular weight is 343 g/mol. The molecule has 0 aliphatic carbocycles. The second kappa shape index (κ2) is 7.20. The Kier molecular flexibility index (Phi) is 4.62. The standard InChI is InChI=1S/C23H21NS/c1-18-11-13-20(14-12-18)17-25-23-16-24(15-19-7-3-2-4-8-19)22-10-6-5-9-21(22)23/h2-14,16H,15,17H2,1H3. The summed E-state index contributed by atoms with van der Waals surface area (Å²) in [6, 6.07) is 28.2. The molecule has 2 heteroatoms. The Balaban J connectivity index is 1.61. The zero-order valence-electron chi connectivity index (χ0n) is 14.4. The molecule has 0 spiro atoms. The molecule has 0 saturated carbocycles. The third-order valence-electron chi connectivity index (χ3n) is 4.46. The van der Waals surface area contributed by atoms with Gasteiger partial charge < -0.3 is 4.57 Å². The lowest BCUT2D eigenvalue weighted by Gasteiger charge is -2.05. The van der Waals surface area contributed by atoms with Gasteiger partial charge in [0.05, 0.1) is 0 Å². The van der Waals surface area contributed by atoms with E-state index in [4.69, 9.17) is 0 Å². The highest BCUT2D eigenvalue weighted by Crippen LogP contribution is 2.32. The Bertz CT molecular complexity index is 968. The van der Waals surface area contributed by atoms with Gasteiger partial charge in [-0.15, -0.1) is 11.8 Å². The summed E-state index contributed by atoms with van der Waals surface area (Å²) >= 11 is 1.92. The lowest BCUT2D eigenvalue weighted by atomic mass is 10.2. The van der Waals surface area contributed by atoms with Crippen molar-refractivity contribution in [3.63, 3.8) is 0 Å². The first-order chi connectivity index (χ1) is 12.3. The van der Waals surface area contributed by atoms with Crippen LogP contribution in [-0.2, 0) is 12.3 Å². The van der Waals surface area contributed by atoms with Crippen LogP contribution >= 0.6 is 11.8 Å². The monoisotopic (exact) mass is 343 g/mol. The second-order valence-electron chi connectivity index (χ2n) is 6.40. The topological polar surface area (TPSA) is 4.93 Å². The van der Waals surface area contributed by atoms with E-state index in [1.54, 1.807) is 0 Å². The Morgan fingerprint density at radius 3 is 2.28 bits per heavy atom. The molecule has 0 atom stereocenters. The van der Waals surface area contributed by atoms with Crippen molar-refractivity contribution in [3.8, 4) is 0 Å². The molecule has 1 heterocycles. The minimum Gasteiger partial charge on any atom is -0.342 e. The van der Waals surface area contributed by atoms with Gasteiger partial charge in [0.25, 0.3) is 0 Å². The van der Waals surface area contributed by atoms with E-state index in [0.29, 0.717) is 0 Å². The normalized spacial score (nSPS) is 11.1. The zero-order valence-corrected chi connectivity index (χ0v) is 15.2. The molecule has 3 aromatic carbocycles. The van der Waals surface area contributed by atoms with Crippen molar-refractivity contribution in [2.24, 2.45) is 0 Å². The van der Waals surface area contributed by atoms with Crippen molar-refractivity contribution in [3.05, 3.63) is 102 Å². The maximum atomic E-state index is 2.36. The first kappa shape index (κ1) is 16.0. The largest absolute Gasteiger partial charge is 0.342 e. The summed E-state index contributed by atoms with van der Waals surface area (Å²) in [4.78, 5) is 1.35.